The molecule has 1 heterocycles. The third-order valence-corrected chi connectivity index (χ3v) is 1.91. The summed E-state index contributed by atoms with van der Waals surface area (Å²) in [4.78, 5) is 9.02. The van der Waals surface area contributed by atoms with Gasteiger partial charge in [0.05, 0.1) is 11.9 Å². The van der Waals surface area contributed by atoms with Crippen LogP contribution in [0.4, 0.5) is 19.0 Å². The van der Waals surface area contributed by atoms with Crippen LogP contribution in [0.15, 0.2) is 17.3 Å². The monoisotopic (exact) mass is 259 g/mol. The first-order chi connectivity index (χ1) is 8.21. The maximum absolute atomic E-state index is 12.7. The standard InChI is InChI=1S/C10H12F3N5/c1-18(2)5-17-8-3-7(10(11,12)13)6(4-16-8)9(14)15/h3-5H,1-2H3,(H3,14,15). The predicted octanol–water partition coefficient (Wildman–Crippen LogP) is 1.61. The summed E-state index contributed by atoms with van der Waals surface area (Å²) < 4.78 is 38.2. The van der Waals surface area contributed by atoms with Crippen molar-refractivity contribution in [3.63, 3.8) is 0 Å². The number of hydrogen-bond donors (Lipinski definition) is 2. The molecule has 0 amide bonds. The number of nitrogens with one attached hydrogen (secondary N) is 1. The Balaban J connectivity index is 3.26. The third-order valence-electron chi connectivity index (χ3n) is 1.91. The Hall–Kier alpha value is -2.12. The molecule has 1 aromatic heterocycles. The van der Waals surface area contributed by atoms with E-state index in [-0.39, 0.29) is 5.82 Å². The molecular weight excluding hydrogens is 247 g/mol. The highest BCUT2D eigenvalue weighted by molar-refractivity contribution is 5.96. The van der Waals surface area contributed by atoms with Gasteiger partial charge in [0.1, 0.15) is 5.84 Å². The second-order valence-corrected chi connectivity index (χ2v) is 3.71. The molecule has 0 aromatic carbocycles. The number of pyridine rings is 1. The summed E-state index contributed by atoms with van der Waals surface area (Å²) >= 11 is 0. The van der Waals surface area contributed by atoms with Crippen LogP contribution in [0.2, 0.25) is 0 Å². The van der Waals surface area contributed by atoms with E-state index in [0.29, 0.717) is 0 Å². The molecule has 5 nitrogen and oxygen atoms in total. The van der Waals surface area contributed by atoms with E-state index in [2.05, 4.69) is 9.98 Å². The van der Waals surface area contributed by atoms with Crippen molar-refractivity contribution in [3.8, 4) is 0 Å². The van der Waals surface area contributed by atoms with Gasteiger partial charge in [-0.3, -0.25) is 5.41 Å². The van der Waals surface area contributed by atoms with Crippen molar-refractivity contribution in [2.75, 3.05) is 14.1 Å². The average Bonchev–Trinajstić information content (AvgIpc) is 2.24. The molecule has 0 spiro atoms. The minimum atomic E-state index is -4.60. The summed E-state index contributed by atoms with van der Waals surface area (Å²) in [6.07, 6.45) is -2.38. The van der Waals surface area contributed by atoms with Gasteiger partial charge >= 0.3 is 6.18 Å². The van der Waals surface area contributed by atoms with Crippen LogP contribution in [-0.4, -0.2) is 36.2 Å². The van der Waals surface area contributed by atoms with Gasteiger partial charge in [0, 0.05) is 25.9 Å². The Bertz CT molecular complexity index is 479. The highest BCUT2D eigenvalue weighted by atomic mass is 19.4. The number of alkyl halides is 3. The molecule has 8 heteroatoms. The number of halogens is 3. The molecule has 0 bridgehead atoms. The summed E-state index contributed by atoms with van der Waals surface area (Å²) in [5.41, 5.74) is 3.61. The number of aliphatic imine (C=N–C) groups is 1. The fourth-order valence-corrected chi connectivity index (χ4v) is 1.14. The average molecular weight is 259 g/mol. The Morgan fingerprint density at radius 3 is 2.56 bits per heavy atom. The zero-order valence-electron chi connectivity index (χ0n) is 9.78. The second kappa shape index (κ2) is 5.03. The molecule has 0 saturated heterocycles. The molecule has 18 heavy (non-hydrogen) atoms. The third kappa shape index (κ3) is 3.44. The maximum atomic E-state index is 12.7. The Labute approximate surface area is 102 Å². The molecule has 3 N–H and O–H groups in total. The van der Waals surface area contributed by atoms with Gasteiger partial charge in [-0.15, -0.1) is 0 Å². The zero-order chi connectivity index (χ0) is 13.9. The van der Waals surface area contributed by atoms with Crippen LogP contribution < -0.4 is 5.73 Å². The summed E-state index contributed by atoms with van der Waals surface area (Å²) in [6, 6.07) is 0.761. The maximum Gasteiger partial charge on any atom is 0.417 e. The summed E-state index contributed by atoms with van der Waals surface area (Å²) in [7, 11) is 3.36. The lowest BCUT2D eigenvalue weighted by molar-refractivity contribution is -0.137. The number of rotatable bonds is 3. The lowest BCUT2D eigenvalue weighted by Crippen LogP contribution is -2.19. The number of aromatic nitrogens is 1. The van der Waals surface area contributed by atoms with E-state index in [1.807, 2.05) is 0 Å². The number of hydrogen-bond acceptors (Lipinski definition) is 3. The quantitative estimate of drug-likeness (QED) is 0.639. The largest absolute Gasteiger partial charge is 0.417 e. The van der Waals surface area contributed by atoms with Crippen molar-refractivity contribution in [3.05, 3.63) is 23.4 Å². The minimum absolute atomic E-state index is 0.0963. The van der Waals surface area contributed by atoms with E-state index in [9.17, 15) is 13.2 Å². The van der Waals surface area contributed by atoms with Crippen LogP contribution in [0.5, 0.6) is 0 Å². The molecule has 0 fully saturated rings. The molecule has 1 aromatic rings. The fourth-order valence-electron chi connectivity index (χ4n) is 1.14. The van der Waals surface area contributed by atoms with Gasteiger partial charge in [-0.05, 0) is 6.07 Å². The van der Waals surface area contributed by atoms with Crippen LogP contribution in [-0.2, 0) is 6.18 Å². The van der Waals surface area contributed by atoms with Crippen LogP contribution in [0.25, 0.3) is 0 Å². The molecule has 0 saturated carbocycles. The van der Waals surface area contributed by atoms with Gasteiger partial charge in [0.15, 0.2) is 5.82 Å². The fraction of sp³-hybridized carbons (Fsp3) is 0.300. The van der Waals surface area contributed by atoms with Crippen molar-refractivity contribution in [2.24, 2.45) is 10.7 Å². The highest BCUT2D eigenvalue weighted by Crippen LogP contribution is 2.33. The molecule has 0 radical (unpaired) electrons. The Kier molecular flexibility index (Phi) is 3.89. The SMILES string of the molecule is CN(C)C=Nc1cc(C(F)(F)F)c(C(=N)N)cn1. The normalized spacial score (nSPS) is 11.8. The second-order valence-electron chi connectivity index (χ2n) is 3.71. The molecule has 1 rings (SSSR count). The van der Waals surface area contributed by atoms with Gasteiger partial charge in [-0.2, -0.15) is 13.2 Å². The minimum Gasteiger partial charge on any atom is -0.384 e. The number of nitrogens with zero attached hydrogens (tertiary/aromatic N) is 3. The highest BCUT2D eigenvalue weighted by Gasteiger charge is 2.34. The molecular formula is C10H12F3N5. The van der Waals surface area contributed by atoms with Crippen molar-refractivity contribution in [1.82, 2.24) is 9.88 Å². The van der Waals surface area contributed by atoms with Gasteiger partial charge in [0.2, 0.25) is 0 Å². The van der Waals surface area contributed by atoms with Crippen molar-refractivity contribution >= 4 is 18.0 Å². The number of nitrogen functional groups attached to an aromatic ring is 1. The molecule has 0 atom stereocenters. The Morgan fingerprint density at radius 2 is 2.11 bits per heavy atom. The van der Waals surface area contributed by atoms with E-state index in [1.165, 1.54) is 6.34 Å². The van der Waals surface area contributed by atoms with E-state index >= 15 is 0 Å². The first-order valence-electron chi connectivity index (χ1n) is 4.84. The topological polar surface area (TPSA) is 78.4 Å². The van der Waals surface area contributed by atoms with Gasteiger partial charge in [0.25, 0.3) is 0 Å². The van der Waals surface area contributed by atoms with E-state index in [0.717, 1.165) is 12.3 Å². The number of amidine groups is 1. The summed E-state index contributed by atoms with van der Waals surface area (Å²) in [5, 5.41) is 7.09. The van der Waals surface area contributed by atoms with E-state index < -0.39 is 23.1 Å². The predicted molar refractivity (Wildman–Crippen MR) is 62.1 cm³/mol. The van der Waals surface area contributed by atoms with Crippen LogP contribution in [0.1, 0.15) is 11.1 Å². The first kappa shape index (κ1) is 13.9. The molecule has 0 aliphatic heterocycles. The molecule has 0 unspecified atom stereocenters. The van der Waals surface area contributed by atoms with Gasteiger partial charge in [-0.1, -0.05) is 0 Å². The smallest absolute Gasteiger partial charge is 0.384 e. The van der Waals surface area contributed by atoms with Gasteiger partial charge in [-0.25, -0.2) is 9.98 Å². The zero-order valence-corrected chi connectivity index (χ0v) is 9.78. The van der Waals surface area contributed by atoms with Crippen molar-refractivity contribution in [2.45, 2.75) is 6.18 Å². The Morgan fingerprint density at radius 1 is 1.50 bits per heavy atom. The number of nitrogens with two attached hydrogens (primary N) is 1. The molecule has 0 aliphatic rings. The van der Waals surface area contributed by atoms with E-state index in [1.54, 1.807) is 19.0 Å². The lowest BCUT2D eigenvalue weighted by Gasteiger charge is -2.11. The molecule has 98 valence electrons. The van der Waals surface area contributed by atoms with Crippen molar-refractivity contribution < 1.29 is 13.2 Å². The summed E-state index contributed by atoms with van der Waals surface area (Å²) in [5.74, 6) is -0.779. The van der Waals surface area contributed by atoms with Crippen LogP contribution >= 0.6 is 0 Å². The summed E-state index contributed by atoms with van der Waals surface area (Å²) in [6.45, 7) is 0. The molecule has 0 aliphatic carbocycles. The van der Waals surface area contributed by atoms with Gasteiger partial charge < -0.3 is 10.6 Å². The first-order valence-corrected chi connectivity index (χ1v) is 4.84. The van der Waals surface area contributed by atoms with Crippen LogP contribution in [0.3, 0.4) is 0 Å². The van der Waals surface area contributed by atoms with Crippen molar-refractivity contribution in [1.29, 1.82) is 5.41 Å². The van der Waals surface area contributed by atoms with Crippen LogP contribution in [0, 0.1) is 5.41 Å². The lowest BCUT2D eigenvalue weighted by atomic mass is 10.1. The van der Waals surface area contributed by atoms with E-state index in [4.69, 9.17) is 11.1 Å².